The van der Waals surface area contributed by atoms with Gasteiger partial charge in [-0.1, -0.05) is 6.92 Å². The van der Waals surface area contributed by atoms with Gasteiger partial charge in [0.1, 0.15) is 11.6 Å². The highest BCUT2D eigenvalue weighted by molar-refractivity contribution is 5.40. The number of aryl methyl sites for hydroxylation is 2. The second-order valence-electron chi connectivity index (χ2n) is 4.26. The van der Waals surface area contributed by atoms with E-state index >= 15 is 0 Å². The van der Waals surface area contributed by atoms with Crippen LogP contribution in [0.2, 0.25) is 0 Å². The number of aromatic nitrogens is 5. The van der Waals surface area contributed by atoms with Crippen molar-refractivity contribution in [3.63, 3.8) is 0 Å². The van der Waals surface area contributed by atoms with Gasteiger partial charge in [0.2, 0.25) is 5.95 Å². The Balaban J connectivity index is 2.12. The third-order valence-corrected chi connectivity index (χ3v) is 2.95. The van der Waals surface area contributed by atoms with E-state index in [0.717, 1.165) is 44.5 Å². The molecule has 3 heterocycles. The fraction of sp³-hybridized carbons (Fsp3) is 0.636. The van der Waals surface area contributed by atoms with E-state index in [2.05, 4.69) is 25.0 Å². The van der Waals surface area contributed by atoms with Crippen LogP contribution < -0.4 is 4.90 Å². The first-order chi connectivity index (χ1) is 8.78. The molecule has 3 rings (SSSR count). The fourth-order valence-electron chi connectivity index (χ4n) is 2.04. The van der Waals surface area contributed by atoms with Crippen molar-refractivity contribution in [3.8, 4) is 0 Å². The molecule has 1 saturated heterocycles. The van der Waals surface area contributed by atoms with Gasteiger partial charge in [0.25, 0.3) is 5.78 Å². The molecule has 0 unspecified atom stereocenters. The smallest absolute Gasteiger partial charge is 0.257 e. The minimum Gasteiger partial charge on any atom is -0.378 e. The molecular weight excluding hydrogens is 232 g/mol. The quantitative estimate of drug-likeness (QED) is 0.757. The predicted molar refractivity (Wildman–Crippen MR) is 65.7 cm³/mol. The molecule has 0 saturated carbocycles. The van der Waals surface area contributed by atoms with E-state index in [1.807, 2.05) is 13.8 Å². The Morgan fingerprint density at radius 1 is 1.17 bits per heavy atom. The molecule has 0 spiro atoms. The number of morpholine rings is 1. The summed E-state index contributed by atoms with van der Waals surface area (Å²) in [6, 6.07) is 0. The van der Waals surface area contributed by atoms with Gasteiger partial charge in [-0.25, -0.2) is 0 Å². The molecule has 0 bridgehead atoms. The van der Waals surface area contributed by atoms with Crippen LogP contribution in [-0.4, -0.2) is 50.9 Å². The van der Waals surface area contributed by atoms with Crippen LogP contribution >= 0.6 is 0 Å². The van der Waals surface area contributed by atoms with Gasteiger partial charge < -0.3 is 9.64 Å². The van der Waals surface area contributed by atoms with Gasteiger partial charge in [-0.15, -0.1) is 5.10 Å². The highest BCUT2D eigenvalue weighted by Gasteiger charge is 2.18. The van der Waals surface area contributed by atoms with Crippen LogP contribution in [0.3, 0.4) is 0 Å². The molecule has 7 nitrogen and oxygen atoms in total. The van der Waals surface area contributed by atoms with E-state index in [0.29, 0.717) is 11.6 Å². The van der Waals surface area contributed by atoms with E-state index < -0.39 is 0 Å². The van der Waals surface area contributed by atoms with Crippen molar-refractivity contribution in [2.24, 2.45) is 0 Å². The van der Waals surface area contributed by atoms with E-state index in [-0.39, 0.29) is 0 Å². The standard InChI is InChI=1S/C11H16N6O/c1-3-9-13-10-12-8(2)15-17(10)11(14-9)16-4-6-18-7-5-16/h3-7H2,1-2H3. The number of rotatable bonds is 2. The van der Waals surface area contributed by atoms with Gasteiger partial charge in [0, 0.05) is 19.5 Å². The molecule has 2 aromatic rings. The summed E-state index contributed by atoms with van der Waals surface area (Å²) >= 11 is 0. The summed E-state index contributed by atoms with van der Waals surface area (Å²) in [6.45, 7) is 7.01. The average molecular weight is 248 g/mol. The van der Waals surface area contributed by atoms with Gasteiger partial charge in [-0.3, -0.25) is 0 Å². The van der Waals surface area contributed by atoms with Gasteiger partial charge >= 0.3 is 0 Å². The highest BCUT2D eigenvalue weighted by atomic mass is 16.5. The number of fused-ring (bicyclic) bond motifs is 1. The minimum absolute atomic E-state index is 0.626. The number of hydrogen-bond acceptors (Lipinski definition) is 6. The lowest BCUT2D eigenvalue weighted by Crippen LogP contribution is -2.38. The molecule has 1 aliphatic heterocycles. The first kappa shape index (κ1) is 11.3. The van der Waals surface area contributed by atoms with Crippen LogP contribution in [0.15, 0.2) is 0 Å². The summed E-state index contributed by atoms with van der Waals surface area (Å²) in [5.74, 6) is 2.96. The zero-order chi connectivity index (χ0) is 12.5. The summed E-state index contributed by atoms with van der Waals surface area (Å²) in [6.07, 6.45) is 0.791. The van der Waals surface area contributed by atoms with Crippen molar-refractivity contribution in [2.45, 2.75) is 20.3 Å². The molecule has 0 aliphatic carbocycles. The molecule has 0 aromatic carbocycles. The lowest BCUT2D eigenvalue weighted by Gasteiger charge is -2.27. The lowest BCUT2D eigenvalue weighted by atomic mass is 10.4. The van der Waals surface area contributed by atoms with Crippen molar-refractivity contribution in [1.29, 1.82) is 0 Å². The third-order valence-electron chi connectivity index (χ3n) is 2.95. The van der Waals surface area contributed by atoms with Crippen molar-refractivity contribution in [1.82, 2.24) is 24.6 Å². The third kappa shape index (κ3) is 1.90. The molecule has 0 amide bonds. The van der Waals surface area contributed by atoms with E-state index in [1.165, 1.54) is 0 Å². The predicted octanol–water partition coefficient (Wildman–Crippen LogP) is 0.227. The average Bonchev–Trinajstić information content (AvgIpc) is 2.78. The maximum Gasteiger partial charge on any atom is 0.257 e. The summed E-state index contributed by atoms with van der Waals surface area (Å²) in [5, 5.41) is 4.36. The van der Waals surface area contributed by atoms with Crippen LogP contribution in [0.5, 0.6) is 0 Å². The Kier molecular flexibility index (Phi) is 2.83. The molecule has 7 heteroatoms. The maximum absolute atomic E-state index is 5.36. The molecule has 96 valence electrons. The molecule has 1 aliphatic rings. The number of ether oxygens (including phenoxy) is 1. The first-order valence-electron chi connectivity index (χ1n) is 6.21. The SMILES string of the molecule is CCc1nc(N2CCOCC2)n2nc(C)nc2n1. The number of hydrogen-bond donors (Lipinski definition) is 0. The van der Waals surface area contributed by atoms with E-state index in [9.17, 15) is 0 Å². The fourth-order valence-corrected chi connectivity index (χ4v) is 2.04. The molecule has 2 aromatic heterocycles. The maximum atomic E-state index is 5.36. The first-order valence-corrected chi connectivity index (χ1v) is 6.21. The highest BCUT2D eigenvalue weighted by Crippen LogP contribution is 2.14. The van der Waals surface area contributed by atoms with Gasteiger partial charge in [0.05, 0.1) is 13.2 Å². The van der Waals surface area contributed by atoms with Crippen LogP contribution in [-0.2, 0) is 11.2 Å². The normalized spacial score (nSPS) is 16.4. The summed E-state index contributed by atoms with van der Waals surface area (Å²) in [5.41, 5.74) is 0. The molecule has 0 N–H and O–H groups in total. The van der Waals surface area contributed by atoms with Gasteiger partial charge in [-0.2, -0.15) is 19.5 Å². The van der Waals surface area contributed by atoms with Crippen LogP contribution in [0.4, 0.5) is 5.95 Å². The molecule has 0 atom stereocenters. The Morgan fingerprint density at radius 2 is 1.94 bits per heavy atom. The Morgan fingerprint density at radius 3 is 2.67 bits per heavy atom. The molecule has 0 radical (unpaired) electrons. The van der Waals surface area contributed by atoms with E-state index in [4.69, 9.17) is 4.74 Å². The number of nitrogens with zero attached hydrogens (tertiary/aromatic N) is 6. The van der Waals surface area contributed by atoms with Gasteiger partial charge in [0.15, 0.2) is 0 Å². The van der Waals surface area contributed by atoms with Crippen LogP contribution in [0.1, 0.15) is 18.6 Å². The Bertz CT molecular complexity index is 560. The monoisotopic (exact) mass is 248 g/mol. The lowest BCUT2D eigenvalue weighted by molar-refractivity contribution is 0.121. The van der Waals surface area contributed by atoms with Gasteiger partial charge in [-0.05, 0) is 6.92 Å². The topological polar surface area (TPSA) is 68.4 Å². The zero-order valence-corrected chi connectivity index (χ0v) is 10.6. The van der Waals surface area contributed by atoms with Crippen LogP contribution in [0, 0.1) is 6.92 Å². The molecule has 1 fully saturated rings. The summed E-state index contributed by atoms with van der Waals surface area (Å²) in [4.78, 5) is 15.5. The Labute approximate surface area is 105 Å². The van der Waals surface area contributed by atoms with Crippen molar-refractivity contribution in [3.05, 3.63) is 11.6 Å². The summed E-state index contributed by atoms with van der Waals surface area (Å²) < 4.78 is 7.09. The summed E-state index contributed by atoms with van der Waals surface area (Å²) in [7, 11) is 0. The minimum atomic E-state index is 0.626. The Hall–Kier alpha value is -1.76. The van der Waals surface area contributed by atoms with Crippen molar-refractivity contribution in [2.75, 3.05) is 31.2 Å². The molecular formula is C11H16N6O. The van der Waals surface area contributed by atoms with Crippen molar-refractivity contribution < 1.29 is 4.74 Å². The largest absolute Gasteiger partial charge is 0.378 e. The van der Waals surface area contributed by atoms with Crippen molar-refractivity contribution >= 4 is 11.7 Å². The zero-order valence-electron chi connectivity index (χ0n) is 10.6. The second kappa shape index (κ2) is 4.49. The van der Waals surface area contributed by atoms with E-state index in [1.54, 1.807) is 4.52 Å². The second-order valence-corrected chi connectivity index (χ2v) is 4.26. The van der Waals surface area contributed by atoms with Crippen LogP contribution in [0.25, 0.3) is 5.78 Å². The number of anilines is 1. The molecule has 18 heavy (non-hydrogen) atoms.